The standard InChI is InChI=1S/C12H14I3NO2/c1-6(2)10(5-17)16-12(18)8-3-7(13)4-9(14)11(8)15/h3-4,6,10,17H,5H2,1-2H3,(H,16,18). The van der Waals surface area contributed by atoms with E-state index in [4.69, 9.17) is 0 Å². The zero-order valence-corrected chi connectivity index (χ0v) is 16.5. The number of benzene rings is 1. The van der Waals surface area contributed by atoms with E-state index in [9.17, 15) is 9.90 Å². The molecular formula is C12H14I3NO2. The van der Waals surface area contributed by atoms with Crippen LogP contribution in [-0.4, -0.2) is 23.7 Å². The minimum absolute atomic E-state index is 0.0407. The van der Waals surface area contributed by atoms with Crippen molar-refractivity contribution in [1.29, 1.82) is 0 Å². The summed E-state index contributed by atoms with van der Waals surface area (Å²) in [6, 6.07) is 3.70. The van der Waals surface area contributed by atoms with Gasteiger partial charge in [-0.2, -0.15) is 0 Å². The Balaban J connectivity index is 2.97. The first kappa shape index (κ1) is 16.9. The van der Waals surface area contributed by atoms with Crippen LogP contribution in [0.25, 0.3) is 0 Å². The number of amides is 1. The van der Waals surface area contributed by atoms with Crippen molar-refractivity contribution in [3.8, 4) is 0 Å². The van der Waals surface area contributed by atoms with Crippen molar-refractivity contribution in [2.24, 2.45) is 5.92 Å². The smallest absolute Gasteiger partial charge is 0.252 e. The first-order chi connectivity index (χ1) is 8.36. The Hall–Kier alpha value is 0.840. The van der Waals surface area contributed by atoms with Crippen LogP contribution in [0, 0.1) is 16.6 Å². The minimum atomic E-state index is -0.205. The summed E-state index contributed by atoms with van der Waals surface area (Å²) in [7, 11) is 0. The van der Waals surface area contributed by atoms with Crippen LogP contribution in [0.5, 0.6) is 0 Å². The van der Waals surface area contributed by atoms with E-state index >= 15 is 0 Å². The molecule has 0 radical (unpaired) electrons. The molecule has 0 aliphatic carbocycles. The van der Waals surface area contributed by atoms with E-state index in [1.54, 1.807) is 0 Å². The van der Waals surface area contributed by atoms with E-state index in [1.165, 1.54) is 0 Å². The first-order valence-electron chi connectivity index (χ1n) is 5.43. The molecule has 0 spiro atoms. The molecule has 1 aromatic rings. The quantitative estimate of drug-likeness (QED) is 0.422. The lowest BCUT2D eigenvalue weighted by Gasteiger charge is -2.20. The summed E-state index contributed by atoms with van der Waals surface area (Å²) in [6.45, 7) is 3.91. The normalized spacial score (nSPS) is 12.6. The Morgan fingerprint density at radius 2 is 1.94 bits per heavy atom. The molecule has 1 unspecified atom stereocenters. The van der Waals surface area contributed by atoms with Crippen molar-refractivity contribution in [3.63, 3.8) is 0 Å². The largest absolute Gasteiger partial charge is 0.394 e. The summed E-state index contributed by atoms with van der Waals surface area (Å²) in [6.07, 6.45) is 0. The van der Waals surface area contributed by atoms with Crippen molar-refractivity contribution < 1.29 is 9.90 Å². The molecule has 1 amide bonds. The maximum Gasteiger partial charge on any atom is 0.252 e. The highest BCUT2D eigenvalue weighted by molar-refractivity contribution is 14.1. The Morgan fingerprint density at radius 1 is 1.33 bits per heavy atom. The molecule has 1 rings (SSSR count). The van der Waals surface area contributed by atoms with Crippen molar-refractivity contribution in [1.82, 2.24) is 5.32 Å². The average molecular weight is 585 g/mol. The van der Waals surface area contributed by atoms with E-state index in [2.05, 4.69) is 73.1 Å². The van der Waals surface area contributed by atoms with Gasteiger partial charge in [0.15, 0.2) is 0 Å². The second-order valence-electron chi connectivity index (χ2n) is 4.26. The maximum absolute atomic E-state index is 12.2. The number of nitrogens with one attached hydrogen (secondary N) is 1. The molecule has 2 N–H and O–H groups in total. The third-order valence-electron chi connectivity index (χ3n) is 2.56. The topological polar surface area (TPSA) is 49.3 Å². The van der Waals surface area contributed by atoms with E-state index in [0.29, 0.717) is 5.56 Å². The van der Waals surface area contributed by atoms with Crippen LogP contribution < -0.4 is 5.32 Å². The number of halogens is 3. The Labute approximate surface area is 148 Å². The number of hydrogen-bond donors (Lipinski definition) is 2. The maximum atomic E-state index is 12.2. The third-order valence-corrected chi connectivity index (χ3v) is 6.22. The highest BCUT2D eigenvalue weighted by Crippen LogP contribution is 2.23. The van der Waals surface area contributed by atoms with Crippen LogP contribution in [-0.2, 0) is 0 Å². The van der Waals surface area contributed by atoms with Gasteiger partial charge in [0.25, 0.3) is 5.91 Å². The van der Waals surface area contributed by atoms with Crippen LogP contribution >= 0.6 is 67.8 Å². The molecule has 100 valence electrons. The van der Waals surface area contributed by atoms with Crippen LogP contribution in [0.3, 0.4) is 0 Å². The van der Waals surface area contributed by atoms with Gasteiger partial charge in [0.2, 0.25) is 0 Å². The van der Waals surface area contributed by atoms with Gasteiger partial charge in [-0.25, -0.2) is 0 Å². The van der Waals surface area contributed by atoms with Gasteiger partial charge in [-0.05, 0) is 85.8 Å². The van der Waals surface area contributed by atoms with E-state index in [0.717, 1.165) is 10.7 Å². The molecule has 6 heteroatoms. The molecule has 0 fully saturated rings. The predicted molar refractivity (Wildman–Crippen MR) is 97.8 cm³/mol. The monoisotopic (exact) mass is 585 g/mol. The molecule has 0 aromatic heterocycles. The number of carbonyl (C=O) groups excluding carboxylic acids is 1. The van der Waals surface area contributed by atoms with Crippen LogP contribution in [0.15, 0.2) is 12.1 Å². The van der Waals surface area contributed by atoms with Gasteiger partial charge in [0.1, 0.15) is 0 Å². The molecule has 3 nitrogen and oxygen atoms in total. The lowest BCUT2D eigenvalue weighted by atomic mass is 10.0. The van der Waals surface area contributed by atoms with Crippen molar-refractivity contribution in [3.05, 3.63) is 28.4 Å². The summed E-state index contributed by atoms with van der Waals surface area (Å²) >= 11 is 6.60. The van der Waals surface area contributed by atoms with Crippen molar-refractivity contribution in [2.45, 2.75) is 19.9 Å². The lowest BCUT2D eigenvalue weighted by molar-refractivity contribution is 0.0896. The Morgan fingerprint density at radius 3 is 2.44 bits per heavy atom. The van der Waals surface area contributed by atoms with Crippen LogP contribution in [0.4, 0.5) is 0 Å². The highest BCUT2D eigenvalue weighted by Gasteiger charge is 2.19. The summed E-state index contributed by atoms with van der Waals surface area (Å²) < 4.78 is 3.05. The fourth-order valence-electron chi connectivity index (χ4n) is 1.39. The molecule has 18 heavy (non-hydrogen) atoms. The first-order valence-corrected chi connectivity index (χ1v) is 8.66. The predicted octanol–water partition coefficient (Wildman–Crippen LogP) is 3.25. The molecule has 0 aliphatic heterocycles. The van der Waals surface area contributed by atoms with Crippen molar-refractivity contribution >= 4 is 73.7 Å². The molecule has 0 saturated carbocycles. The molecule has 0 heterocycles. The molecule has 0 aliphatic rings. The number of carbonyl (C=O) groups is 1. The summed E-state index contributed by atoms with van der Waals surface area (Å²) in [5.41, 5.74) is 0.672. The summed E-state index contributed by atoms with van der Waals surface area (Å²) in [4.78, 5) is 12.2. The van der Waals surface area contributed by atoms with E-state index in [-0.39, 0.29) is 24.5 Å². The van der Waals surface area contributed by atoms with Gasteiger partial charge in [-0.3, -0.25) is 4.79 Å². The number of hydrogen-bond acceptors (Lipinski definition) is 2. The second kappa shape index (κ2) is 7.58. The minimum Gasteiger partial charge on any atom is -0.394 e. The van der Waals surface area contributed by atoms with Crippen molar-refractivity contribution in [2.75, 3.05) is 6.61 Å². The Bertz CT molecular complexity index is 449. The number of rotatable bonds is 4. The average Bonchev–Trinajstić information content (AvgIpc) is 2.29. The van der Waals surface area contributed by atoms with Gasteiger partial charge < -0.3 is 10.4 Å². The van der Waals surface area contributed by atoms with E-state index in [1.807, 2.05) is 26.0 Å². The van der Waals surface area contributed by atoms with Gasteiger partial charge >= 0.3 is 0 Å². The number of aliphatic hydroxyl groups excluding tert-OH is 1. The molecule has 1 atom stereocenters. The lowest BCUT2D eigenvalue weighted by Crippen LogP contribution is -2.41. The highest BCUT2D eigenvalue weighted by atomic mass is 127. The molecule has 0 bridgehead atoms. The Kier molecular flexibility index (Phi) is 7.11. The van der Waals surface area contributed by atoms with E-state index < -0.39 is 0 Å². The summed E-state index contributed by atoms with van der Waals surface area (Å²) in [5.74, 6) is 0.0852. The van der Waals surface area contributed by atoms with Crippen LogP contribution in [0.1, 0.15) is 24.2 Å². The fourth-order valence-corrected chi connectivity index (χ4v) is 3.79. The third kappa shape index (κ3) is 4.44. The van der Waals surface area contributed by atoms with Gasteiger partial charge in [-0.1, -0.05) is 13.8 Å². The summed E-state index contributed by atoms with van der Waals surface area (Å²) in [5, 5.41) is 12.1. The van der Waals surface area contributed by atoms with Gasteiger partial charge in [0.05, 0.1) is 18.2 Å². The fraction of sp³-hybridized carbons (Fsp3) is 0.417. The number of aliphatic hydroxyl groups is 1. The molecular weight excluding hydrogens is 571 g/mol. The van der Waals surface area contributed by atoms with Gasteiger partial charge in [0, 0.05) is 10.7 Å². The second-order valence-corrected chi connectivity index (χ2v) is 7.74. The van der Waals surface area contributed by atoms with Gasteiger partial charge in [-0.15, -0.1) is 0 Å². The SMILES string of the molecule is CC(C)C(CO)NC(=O)c1cc(I)cc(I)c1I. The zero-order chi connectivity index (χ0) is 13.9. The van der Waals surface area contributed by atoms with Crippen LogP contribution in [0.2, 0.25) is 0 Å². The molecule has 1 aromatic carbocycles. The zero-order valence-electron chi connectivity index (χ0n) is 10.0. The molecule has 0 saturated heterocycles.